The monoisotopic (exact) mass is 311 g/mol. The Bertz CT molecular complexity index is 487. The van der Waals surface area contributed by atoms with Crippen LogP contribution in [0.1, 0.15) is 24.2 Å². The van der Waals surface area contributed by atoms with E-state index in [2.05, 4.69) is 20.9 Å². The second kappa shape index (κ2) is 5.52. The molecular formula is C13H14BrNO3. The van der Waals surface area contributed by atoms with Crippen LogP contribution in [-0.4, -0.2) is 25.0 Å². The van der Waals surface area contributed by atoms with Crippen LogP contribution in [0.3, 0.4) is 0 Å². The lowest BCUT2D eigenvalue weighted by Gasteiger charge is -2.17. The first-order valence-corrected chi connectivity index (χ1v) is 6.52. The maximum absolute atomic E-state index is 11.8. The summed E-state index contributed by atoms with van der Waals surface area (Å²) in [5.41, 5.74) is 2.04. The zero-order valence-electron chi connectivity index (χ0n) is 10.2. The quantitative estimate of drug-likeness (QED) is 0.806. The molecule has 0 saturated heterocycles. The highest BCUT2D eigenvalue weighted by Gasteiger charge is 2.36. The standard InChI is InChI=1S/C13H14BrNO3/c1-3-17-13(16)11-12(18-7-15-11)9-5-4-8(2)6-10(9)14/h4-7,11-12H,3H2,1-2H3. The third kappa shape index (κ3) is 2.56. The molecule has 0 fully saturated rings. The fraction of sp³-hybridized carbons (Fsp3) is 0.385. The molecule has 0 amide bonds. The van der Waals surface area contributed by atoms with E-state index in [0.29, 0.717) is 6.61 Å². The molecule has 96 valence electrons. The summed E-state index contributed by atoms with van der Waals surface area (Å²) in [5, 5.41) is 0. The van der Waals surface area contributed by atoms with Crippen molar-refractivity contribution in [3.8, 4) is 0 Å². The Morgan fingerprint density at radius 3 is 3.00 bits per heavy atom. The number of halogens is 1. The van der Waals surface area contributed by atoms with Crippen molar-refractivity contribution < 1.29 is 14.3 Å². The number of rotatable bonds is 3. The molecule has 1 aliphatic heterocycles. The van der Waals surface area contributed by atoms with Crippen molar-refractivity contribution in [3.05, 3.63) is 33.8 Å². The van der Waals surface area contributed by atoms with Gasteiger partial charge in [-0.1, -0.05) is 28.1 Å². The van der Waals surface area contributed by atoms with Crippen LogP contribution < -0.4 is 0 Å². The Morgan fingerprint density at radius 2 is 2.33 bits per heavy atom. The smallest absolute Gasteiger partial charge is 0.335 e. The molecule has 1 heterocycles. The minimum Gasteiger partial charge on any atom is -0.473 e. The van der Waals surface area contributed by atoms with Gasteiger partial charge in [-0.2, -0.15) is 0 Å². The topological polar surface area (TPSA) is 47.9 Å². The summed E-state index contributed by atoms with van der Waals surface area (Å²) in [4.78, 5) is 15.8. The first kappa shape index (κ1) is 13.1. The summed E-state index contributed by atoms with van der Waals surface area (Å²) in [7, 11) is 0. The summed E-state index contributed by atoms with van der Waals surface area (Å²) in [6, 6.07) is 5.28. The highest BCUT2D eigenvalue weighted by atomic mass is 79.9. The highest BCUT2D eigenvalue weighted by Crippen LogP contribution is 2.33. The molecular weight excluding hydrogens is 298 g/mol. The number of carbonyl (C=O) groups is 1. The van der Waals surface area contributed by atoms with Crippen LogP contribution in [0.15, 0.2) is 27.7 Å². The van der Waals surface area contributed by atoms with Crippen molar-refractivity contribution in [2.75, 3.05) is 6.61 Å². The van der Waals surface area contributed by atoms with E-state index in [1.165, 1.54) is 6.40 Å². The summed E-state index contributed by atoms with van der Waals surface area (Å²) >= 11 is 3.49. The molecule has 0 saturated carbocycles. The van der Waals surface area contributed by atoms with E-state index in [1.807, 2.05) is 25.1 Å². The Hall–Kier alpha value is -1.36. The van der Waals surface area contributed by atoms with Crippen LogP contribution >= 0.6 is 15.9 Å². The molecule has 1 aromatic rings. The van der Waals surface area contributed by atoms with Crippen LogP contribution in [0.4, 0.5) is 0 Å². The summed E-state index contributed by atoms with van der Waals surface area (Å²) < 4.78 is 11.3. The zero-order chi connectivity index (χ0) is 13.1. The lowest BCUT2D eigenvalue weighted by molar-refractivity contribution is -0.146. The Labute approximate surface area is 114 Å². The van der Waals surface area contributed by atoms with Gasteiger partial charge in [-0.3, -0.25) is 0 Å². The molecule has 5 heteroatoms. The minimum absolute atomic E-state index is 0.340. The molecule has 1 aromatic carbocycles. The van der Waals surface area contributed by atoms with Crippen LogP contribution in [-0.2, 0) is 14.3 Å². The lowest BCUT2D eigenvalue weighted by Crippen LogP contribution is -2.26. The highest BCUT2D eigenvalue weighted by molar-refractivity contribution is 9.10. The normalized spacial score (nSPS) is 21.7. The van der Waals surface area contributed by atoms with E-state index in [9.17, 15) is 4.79 Å². The Kier molecular flexibility index (Phi) is 4.01. The van der Waals surface area contributed by atoms with E-state index in [0.717, 1.165) is 15.6 Å². The van der Waals surface area contributed by atoms with Gasteiger partial charge in [0.1, 0.15) is 0 Å². The Balaban J connectivity index is 2.24. The molecule has 2 rings (SSSR count). The number of hydrogen-bond acceptors (Lipinski definition) is 4. The maximum Gasteiger partial charge on any atom is 0.335 e. The number of carbonyl (C=O) groups excluding carboxylic acids is 1. The van der Waals surface area contributed by atoms with Gasteiger partial charge < -0.3 is 9.47 Å². The number of aryl methyl sites for hydroxylation is 1. The summed E-state index contributed by atoms with van der Waals surface area (Å²) in [6.45, 7) is 4.12. The molecule has 2 unspecified atom stereocenters. The van der Waals surface area contributed by atoms with Crippen molar-refractivity contribution in [1.29, 1.82) is 0 Å². The third-order valence-electron chi connectivity index (χ3n) is 2.71. The average molecular weight is 312 g/mol. The van der Waals surface area contributed by atoms with Crippen LogP contribution in [0, 0.1) is 6.92 Å². The van der Waals surface area contributed by atoms with Gasteiger partial charge in [-0.15, -0.1) is 0 Å². The van der Waals surface area contributed by atoms with E-state index in [4.69, 9.17) is 9.47 Å². The van der Waals surface area contributed by atoms with Crippen molar-refractivity contribution in [1.82, 2.24) is 0 Å². The average Bonchev–Trinajstić information content (AvgIpc) is 2.78. The van der Waals surface area contributed by atoms with Crippen molar-refractivity contribution in [3.63, 3.8) is 0 Å². The Morgan fingerprint density at radius 1 is 1.56 bits per heavy atom. The van der Waals surface area contributed by atoms with Gasteiger partial charge in [-0.05, 0) is 25.5 Å². The first-order valence-electron chi connectivity index (χ1n) is 5.73. The number of nitrogens with zero attached hydrogens (tertiary/aromatic N) is 1. The van der Waals surface area contributed by atoms with Crippen LogP contribution in [0.2, 0.25) is 0 Å². The second-order valence-corrected chi connectivity index (χ2v) is 4.89. The summed E-state index contributed by atoms with van der Waals surface area (Å²) in [5.74, 6) is -0.358. The van der Waals surface area contributed by atoms with Crippen molar-refractivity contribution >= 4 is 28.3 Å². The van der Waals surface area contributed by atoms with Crippen molar-refractivity contribution in [2.45, 2.75) is 26.0 Å². The second-order valence-electron chi connectivity index (χ2n) is 4.03. The molecule has 4 nitrogen and oxygen atoms in total. The molecule has 0 N–H and O–H groups in total. The van der Waals surface area contributed by atoms with Gasteiger partial charge in [0.2, 0.25) is 0 Å². The van der Waals surface area contributed by atoms with Gasteiger partial charge in [0.15, 0.2) is 18.5 Å². The molecule has 1 aliphatic rings. The largest absolute Gasteiger partial charge is 0.473 e. The number of ether oxygens (including phenoxy) is 2. The van der Waals surface area contributed by atoms with Gasteiger partial charge >= 0.3 is 5.97 Å². The predicted molar refractivity (Wildman–Crippen MR) is 71.6 cm³/mol. The third-order valence-corrected chi connectivity index (χ3v) is 3.39. The van der Waals surface area contributed by atoms with E-state index < -0.39 is 12.1 Å². The number of hydrogen-bond donors (Lipinski definition) is 0. The molecule has 0 bridgehead atoms. The molecule has 0 aliphatic carbocycles. The molecule has 0 aromatic heterocycles. The van der Waals surface area contributed by atoms with Crippen LogP contribution in [0.25, 0.3) is 0 Å². The van der Waals surface area contributed by atoms with Gasteiger partial charge in [0, 0.05) is 10.0 Å². The fourth-order valence-electron chi connectivity index (χ4n) is 1.84. The SMILES string of the molecule is CCOC(=O)C1N=COC1c1ccc(C)cc1Br. The summed E-state index contributed by atoms with van der Waals surface area (Å²) in [6.07, 6.45) is 0.900. The van der Waals surface area contributed by atoms with E-state index >= 15 is 0 Å². The van der Waals surface area contributed by atoms with E-state index in [1.54, 1.807) is 6.92 Å². The van der Waals surface area contributed by atoms with Crippen molar-refractivity contribution in [2.24, 2.45) is 4.99 Å². The first-order chi connectivity index (χ1) is 8.63. The molecule has 2 atom stereocenters. The molecule has 0 radical (unpaired) electrons. The molecule has 0 spiro atoms. The predicted octanol–water partition coefficient (Wildman–Crippen LogP) is 2.79. The van der Waals surface area contributed by atoms with Gasteiger partial charge in [0.05, 0.1) is 6.61 Å². The molecule has 18 heavy (non-hydrogen) atoms. The number of esters is 1. The van der Waals surface area contributed by atoms with Gasteiger partial charge in [-0.25, -0.2) is 9.79 Å². The number of benzene rings is 1. The fourth-order valence-corrected chi connectivity index (χ4v) is 2.56. The minimum atomic E-state index is -0.621. The zero-order valence-corrected chi connectivity index (χ0v) is 11.8. The number of aliphatic imine (C=N–C) groups is 1. The van der Waals surface area contributed by atoms with Crippen LogP contribution in [0.5, 0.6) is 0 Å². The lowest BCUT2D eigenvalue weighted by atomic mass is 10.0. The van der Waals surface area contributed by atoms with E-state index in [-0.39, 0.29) is 5.97 Å². The maximum atomic E-state index is 11.8. The van der Waals surface area contributed by atoms with Gasteiger partial charge in [0.25, 0.3) is 0 Å².